The fraction of sp³-hybridized carbons (Fsp3) is 0.667. The lowest BCUT2D eigenvalue weighted by Gasteiger charge is -1.99. The van der Waals surface area contributed by atoms with Crippen molar-refractivity contribution in [2.45, 2.75) is 6.10 Å². The minimum absolute atomic E-state index is 0.240. The van der Waals surface area contributed by atoms with Gasteiger partial charge < -0.3 is 14.7 Å². The van der Waals surface area contributed by atoms with Crippen LogP contribution in [0.5, 0.6) is 0 Å². The van der Waals surface area contributed by atoms with Crippen LogP contribution in [-0.2, 0) is 14.4 Å². The Hall–Kier alpha value is -1.10. The van der Waals surface area contributed by atoms with Gasteiger partial charge >= 0.3 is 5.97 Å². The molecule has 60 valence electrons. The Morgan fingerprint density at radius 3 is 3.27 bits per heavy atom. The van der Waals surface area contributed by atoms with Crippen molar-refractivity contribution in [3.63, 3.8) is 0 Å². The average Bonchev–Trinajstić information content (AvgIpc) is 2.54. The normalized spacial score (nSPS) is 34.3. The van der Waals surface area contributed by atoms with Crippen LogP contribution in [0.15, 0.2) is 5.16 Å². The maximum absolute atomic E-state index is 10.9. The molecule has 2 rings (SSSR count). The number of fused-ring (bicyclic) bond motifs is 1. The first kappa shape index (κ1) is 6.60. The fourth-order valence-corrected chi connectivity index (χ4v) is 1.26. The van der Waals surface area contributed by atoms with Gasteiger partial charge in [-0.05, 0) is 0 Å². The molecule has 11 heavy (non-hydrogen) atoms. The van der Waals surface area contributed by atoms with Crippen LogP contribution >= 0.6 is 0 Å². The minimum Gasteiger partial charge on any atom is -0.461 e. The highest BCUT2D eigenvalue weighted by Gasteiger charge is 2.46. The second kappa shape index (κ2) is 2.20. The van der Waals surface area contributed by atoms with Crippen LogP contribution in [0, 0.1) is 5.92 Å². The first-order valence-corrected chi connectivity index (χ1v) is 3.33. The molecular formula is C6H7NO4. The zero-order valence-electron chi connectivity index (χ0n) is 5.69. The Morgan fingerprint density at radius 2 is 2.55 bits per heavy atom. The minimum atomic E-state index is -0.458. The van der Waals surface area contributed by atoms with Crippen molar-refractivity contribution in [3.8, 4) is 0 Å². The van der Waals surface area contributed by atoms with Gasteiger partial charge in [0.2, 0.25) is 0 Å². The zero-order valence-corrected chi connectivity index (χ0v) is 5.69. The summed E-state index contributed by atoms with van der Waals surface area (Å²) in [6, 6.07) is 0. The van der Waals surface area contributed by atoms with Gasteiger partial charge in [0, 0.05) is 0 Å². The highest BCUT2D eigenvalue weighted by atomic mass is 16.7. The van der Waals surface area contributed by atoms with E-state index in [-0.39, 0.29) is 25.3 Å². The maximum Gasteiger partial charge on any atom is 0.319 e. The molecule has 0 aromatic heterocycles. The van der Waals surface area contributed by atoms with Crippen molar-refractivity contribution in [2.24, 2.45) is 11.1 Å². The van der Waals surface area contributed by atoms with E-state index in [0.717, 1.165) is 0 Å². The molecule has 5 heteroatoms. The molecule has 0 spiro atoms. The number of nitrogens with zero attached hydrogens (tertiary/aromatic N) is 1. The molecule has 0 radical (unpaired) electrons. The van der Waals surface area contributed by atoms with E-state index < -0.39 is 5.92 Å². The molecule has 2 heterocycles. The van der Waals surface area contributed by atoms with Crippen molar-refractivity contribution < 1.29 is 19.5 Å². The topological polar surface area (TPSA) is 68.1 Å². The third-order valence-electron chi connectivity index (χ3n) is 1.84. The molecule has 1 saturated heterocycles. The predicted molar refractivity (Wildman–Crippen MR) is 33.8 cm³/mol. The quantitative estimate of drug-likeness (QED) is 0.491. The molecule has 0 aromatic carbocycles. The predicted octanol–water partition coefficient (Wildman–Crippen LogP) is -1.09. The number of ether oxygens (including phenoxy) is 1. The van der Waals surface area contributed by atoms with E-state index in [1.807, 2.05) is 0 Å². The summed E-state index contributed by atoms with van der Waals surface area (Å²) in [4.78, 5) is 15.8. The molecule has 0 amide bonds. The van der Waals surface area contributed by atoms with Crippen LogP contribution in [0.4, 0.5) is 0 Å². The molecule has 2 atom stereocenters. The van der Waals surface area contributed by atoms with E-state index in [2.05, 4.69) is 5.16 Å². The van der Waals surface area contributed by atoms with E-state index in [1.165, 1.54) is 0 Å². The molecule has 0 aromatic rings. The van der Waals surface area contributed by atoms with Crippen LogP contribution in [0.1, 0.15) is 0 Å². The molecular weight excluding hydrogens is 150 g/mol. The number of hydrogen-bond acceptors (Lipinski definition) is 5. The van der Waals surface area contributed by atoms with E-state index >= 15 is 0 Å². The molecule has 2 aliphatic rings. The van der Waals surface area contributed by atoms with Crippen LogP contribution in [0.3, 0.4) is 0 Å². The summed E-state index contributed by atoms with van der Waals surface area (Å²) in [5, 5.41) is 12.3. The highest BCUT2D eigenvalue weighted by molar-refractivity contribution is 6.05. The monoisotopic (exact) mass is 157 g/mol. The Kier molecular flexibility index (Phi) is 1.32. The highest BCUT2D eigenvalue weighted by Crippen LogP contribution is 2.25. The standard InChI is InChI=1S/C6H7NO4/c8-1-3-5-4(11-7-3)2-10-6(5)9/h4-5,8H,1-2H2/t4-,5-/m1/s1. The molecule has 1 N–H and O–H groups in total. The zero-order chi connectivity index (χ0) is 7.84. The number of aliphatic hydroxyl groups is 1. The summed E-state index contributed by atoms with van der Waals surface area (Å²) in [5.74, 6) is -0.805. The van der Waals surface area contributed by atoms with Crippen LogP contribution < -0.4 is 0 Å². The van der Waals surface area contributed by atoms with Crippen LogP contribution in [0.25, 0.3) is 0 Å². The lowest BCUT2D eigenvalue weighted by Crippen LogP contribution is -2.26. The Bertz CT molecular complexity index is 225. The SMILES string of the molecule is O=C1OC[C@H]2ON=C(CO)[C@@H]12. The smallest absolute Gasteiger partial charge is 0.319 e. The molecule has 0 saturated carbocycles. The summed E-state index contributed by atoms with van der Waals surface area (Å²) in [7, 11) is 0. The summed E-state index contributed by atoms with van der Waals surface area (Å²) in [5.41, 5.74) is 0.373. The molecule has 1 fully saturated rings. The Morgan fingerprint density at radius 1 is 1.73 bits per heavy atom. The van der Waals surface area contributed by atoms with Crippen molar-refractivity contribution >= 4 is 11.7 Å². The van der Waals surface area contributed by atoms with Crippen molar-refractivity contribution in [1.29, 1.82) is 0 Å². The molecule has 0 unspecified atom stereocenters. The first-order valence-electron chi connectivity index (χ1n) is 3.33. The van der Waals surface area contributed by atoms with E-state index in [4.69, 9.17) is 14.7 Å². The Balaban J connectivity index is 2.21. The van der Waals surface area contributed by atoms with E-state index in [9.17, 15) is 4.79 Å². The second-order valence-electron chi connectivity index (χ2n) is 2.49. The molecule has 2 aliphatic heterocycles. The number of cyclic esters (lactones) is 1. The number of aliphatic hydroxyl groups excluding tert-OH is 1. The number of oxime groups is 1. The fourth-order valence-electron chi connectivity index (χ4n) is 1.26. The largest absolute Gasteiger partial charge is 0.461 e. The van der Waals surface area contributed by atoms with E-state index in [0.29, 0.717) is 5.71 Å². The summed E-state index contributed by atoms with van der Waals surface area (Å²) >= 11 is 0. The second-order valence-corrected chi connectivity index (χ2v) is 2.49. The van der Waals surface area contributed by atoms with Crippen LogP contribution in [-0.4, -0.2) is 36.1 Å². The third kappa shape index (κ3) is 0.808. The van der Waals surface area contributed by atoms with Crippen molar-refractivity contribution in [1.82, 2.24) is 0 Å². The Labute approximate surface area is 62.6 Å². The van der Waals surface area contributed by atoms with Crippen molar-refractivity contribution in [3.05, 3.63) is 0 Å². The third-order valence-corrected chi connectivity index (χ3v) is 1.84. The van der Waals surface area contributed by atoms with Gasteiger partial charge in [0.15, 0.2) is 6.10 Å². The number of carbonyl (C=O) groups excluding carboxylic acids is 1. The lowest BCUT2D eigenvalue weighted by molar-refractivity contribution is -0.139. The van der Waals surface area contributed by atoms with E-state index in [1.54, 1.807) is 0 Å². The number of rotatable bonds is 1. The summed E-state index contributed by atoms with van der Waals surface area (Å²) in [6.45, 7) is 0.00671. The summed E-state index contributed by atoms with van der Waals surface area (Å²) < 4.78 is 4.70. The van der Waals surface area contributed by atoms with Gasteiger partial charge in [-0.15, -0.1) is 0 Å². The maximum atomic E-state index is 10.9. The molecule has 0 aliphatic carbocycles. The average molecular weight is 157 g/mol. The first-order chi connectivity index (χ1) is 5.33. The lowest BCUT2D eigenvalue weighted by atomic mass is 10.0. The van der Waals surface area contributed by atoms with Gasteiger partial charge in [-0.2, -0.15) is 0 Å². The molecule has 0 bridgehead atoms. The number of hydrogen-bond donors (Lipinski definition) is 1. The van der Waals surface area contributed by atoms with Gasteiger partial charge in [0.1, 0.15) is 18.2 Å². The van der Waals surface area contributed by atoms with Gasteiger partial charge in [-0.1, -0.05) is 5.16 Å². The van der Waals surface area contributed by atoms with Gasteiger partial charge in [-0.3, -0.25) is 4.79 Å². The molecule has 5 nitrogen and oxygen atoms in total. The van der Waals surface area contributed by atoms with Crippen LogP contribution in [0.2, 0.25) is 0 Å². The van der Waals surface area contributed by atoms with Gasteiger partial charge in [-0.25, -0.2) is 0 Å². The number of carbonyl (C=O) groups is 1. The number of esters is 1. The van der Waals surface area contributed by atoms with Gasteiger partial charge in [0.25, 0.3) is 0 Å². The summed E-state index contributed by atoms with van der Waals surface area (Å²) in [6.07, 6.45) is -0.301. The van der Waals surface area contributed by atoms with Crippen molar-refractivity contribution in [2.75, 3.05) is 13.2 Å². The van der Waals surface area contributed by atoms with Gasteiger partial charge in [0.05, 0.1) is 6.61 Å².